The number of nitrogens with two attached hydrogens (primary N) is 1. The molecule has 0 radical (unpaired) electrons. The van der Waals surface area contributed by atoms with Gasteiger partial charge in [0.2, 0.25) is 0 Å². The number of halogens is 3. The summed E-state index contributed by atoms with van der Waals surface area (Å²) >= 11 is 0. The van der Waals surface area contributed by atoms with E-state index in [1.807, 2.05) is 0 Å². The second-order valence-electron chi connectivity index (χ2n) is 5.79. The Morgan fingerprint density at radius 1 is 1.11 bits per heavy atom. The van der Waals surface area contributed by atoms with Gasteiger partial charge in [0.25, 0.3) is 0 Å². The average molecular weight is 259 g/mol. The highest BCUT2D eigenvalue weighted by Crippen LogP contribution is 2.36. The quantitative estimate of drug-likeness (QED) is 0.847. The fraction of sp³-hybridized carbons (Fsp3) is 0.571. The van der Waals surface area contributed by atoms with Crippen LogP contribution in [0.1, 0.15) is 50.8 Å². The molecule has 1 aromatic rings. The van der Waals surface area contributed by atoms with Gasteiger partial charge in [-0.2, -0.15) is 13.2 Å². The normalized spacial score (nSPS) is 14.6. The summed E-state index contributed by atoms with van der Waals surface area (Å²) in [4.78, 5) is 0. The SMILES string of the molecule is CC(C)(C)CCC(N)c1ccccc1C(F)(F)F. The highest BCUT2D eigenvalue weighted by atomic mass is 19.4. The van der Waals surface area contributed by atoms with Crippen molar-refractivity contribution in [1.29, 1.82) is 0 Å². The fourth-order valence-electron chi connectivity index (χ4n) is 1.82. The largest absolute Gasteiger partial charge is 0.416 e. The Morgan fingerprint density at radius 2 is 1.67 bits per heavy atom. The molecular weight excluding hydrogens is 239 g/mol. The molecule has 0 saturated carbocycles. The molecule has 0 spiro atoms. The Balaban J connectivity index is 2.89. The molecule has 102 valence electrons. The van der Waals surface area contributed by atoms with Gasteiger partial charge in [-0.05, 0) is 29.9 Å². The topological polar surface area (TPSA) is 26.0 Å². The monoisotopic (exact) mass is 259 g/mol. The molecule has 0 aliphatic carbocycles. The van der Waals surface area contributed by atoms with Crippen LogP contribution < -0.4 is 5.73 Å². The van der Waals surface area contributed by atoms with Crippen molar-refractivity contribution in [1.82, 2.24) is 0 Å². The first-order chi connectivity index (χ1) is 8.11. The lowest BCUT2D eigenvalue weighted by Crippen LogP contribution is -2.19. The van der Waals surface area contributed by atoms with Crippen molar-refractivity contribution < 1.29 is 13.2 Å². The number of hydrogen-bond acceptors (Lipinski definition) is 1. The van der Waals surface area contributed by atoms with E-state index in [9.17, 15) is 13.2 Å². The van der Waals surface area contributed by atoms with Crippen molar-refractivity contribution in [3.05, 3.63) is 35.4 Å². The van der Waals surface area contributed by atoms with Gasteiger partial charge in [0.1, 0.15) is 0 Å². The van der Waals surface area contributed by atoms with Crippen LogP contribution in [0.2, 0.25) is 0 Å². The molecule has 1 nitrogen and oxygen atoms in total. The highest BCUT2D eigenvalue weighted by Gasteiger charge is 2.34. The maximum Gasteiger partial charge on any atom is 0.416 e. The first-order valence-electron chi connectivity index (χ1n) is 6.03. The summed E-state index contributed by atoms with van der Waals surface area (Å²) in [6.07, 6.45) is -2.99. The van der Waals surface area contributed by atoms with E-state index in [0.29, 0.717) is 6.42 Å². The van der Waals surface area contributed by atoms with Crippen molar-refractivity contribution in [2.75, 3.05) is 0 Å². The van der Waals surface area contributed by atoms with Gasteiger partial charge >= 0.3 is 6.18 Å². The van der Waals surface area contributed by atoms with Gasteiger partial charge in [0.15, 0.2) is 0 Å². The van der Waals surface area contributed by atoms with Gasteiger partial charge in [0, 0.05) is 6.04 Å². The van der Waals surface area contributed by atoms with Crippen LogP contribution in [-0.2, 0) is 6.18 Å². The molecule has 1 atom stereocenters. The summed E-state index contributed by atoms with van der Waals surface area (Å²) in [7, 11) is 0. The first-order valence-corrected chi connectivity index (χ1v) is 6.03. The van der Waals surface area contributed by atoms with Crippen LogP contribution >= 0.6 is 0 Å². The minimum absolute atomic E-state index is 0.0742. The molecule has 0 bridgehead atoms. The molecule has 18 heavy (non-hydrogen) atoms. The Kier molecular flexibility index (Phi) is 4.43. The minimum Gasteiger partial charge on any atom is -0.324 e. The lowest BCUT2D eigenvalue weighted by molar-refractivity contribution is -0.138. The highest BCUT2D eigenvalue weighted by molar-refractivity contribution is 5.32. The molecule has 0 heterocycles. The Bertz CT molecular complexity index is 391. The van der Waals surface area contributed by atoms with Crippen LogP contribution in [0, 0.1) is 5.41 Å². The van der Waals surface area contributed by atoms with Gasteiger partial charge in [-0.3, -0.25) is 0 Å². The maximum absolute atomic E-state index is 12.8. The summed E-state index contributed by atoms with van der Waals surface area (Å²) < 4.78 is 38.5. The summed E-state index contributed by atoms with van der Waals surface area (Å²) in [6, 6.07) is 4.98. The average Bonchev–Trinajstić information content (AvgIpc) is 2.24. The molecule has 2 N–H and O–H groups in total. The molecule has 4 heteroatoms. The van der Waals surface area contributed by atoms with Gasteiger partial charge in [-0.1, -0.05) is 39.0 Å². The predicted molar refractivity (Wildman–Crippen MR) is 67.1 cm³/mol. The predicted octanol–water partition coefficient (Wildman–Crippen LogP) is 4.53. The lowest BCUT2D eigenvalue weighted by atomic mass is 9.86. The molecule has 0 aromatic heterocycles. The Morgan fingerprint density at radius 3 is 2.17 bits per heavy atom. The van der Waals surface area contributed by atoms with Crippen LogP contribution in [0.25, 0.3) is 0 Å². The zero-order chi connectivity index (χ0) is 14.0. The van der Waals surface area contributed by atoms with Gasteiger partial charge < -0.3 is 5.73 Å². The fourth-order valence-corrected chi connectivity index (χ4v) is 1.82. The van der Waals surface area contributed by atoms with E-state index in [1.54, 1.807) is 6.07 Å². The maximum atomic E-state index is 12.8. The molecule has 0 amide bonds. The van der Waals surface area contributed by atoms with E-state index >= 15 is 0 Å². The third-order valence-electron chi connectivity index (χ3n) is 2.87. The van der Waals surface area contributed by atoms with Crippen LogP contribution in [0.15, 0.2) is 24.3 Å². The molecule has 0 fully saturated rings. The van der Waals surface area contributed by atoms with E-state index in [0.717, 1.165) is 12.5 Å². The van der Waals surface area contributed by atoms with Gasteiger partial charge in [-0.25, -0.2) is 0 Å². The standard InChI is InChI=1S/C14H20F3N/c1-13(2,3)9-8-12(18)10-6-4-5-7-11(10)14(15,16)17/h4-7,12H,8-9,18H2,1-3H3. The van der Waals surface area contributed by atoms with Crippen molar-refractivity contribution in [3.8, 4) is 0 Å². The second kappa shape index (κ2) is 5.31. The summed E-state index contributed by atoms with van der Waals surface area (Å²) in [5.41, 5.74) is 5.54. The molecule has 1 rings (SSSR count). The van der Waals surface area contributed by atoms with Crippen LogP contribution in [0.3, 0.4) is 0 Å². The van der Waals surface area contributed by atoms with Crippen molar-refractivity contribution >= 4 is 0 Å². The lowest BCUT2D eigenvalue weighted by Gasteiger charge is -2.23. The van der Waals surface area contributed by atoms with E-state index in [4.69, 9.17) is 5.73 Å². The molecule has 0 saturated heterocycles. The van der Waals surface area contributed by atoms with E-state index in [-0.39, 0.29) is 11.0 Å². The van der Waals surface area contributed by atoms with Gasteiger partial charge in [-0.15, -0.1) is 0 Å². The third kappa shape index (κ3) is 4.33. The Hall–Kier alpha value is -1.03. The van der Waals surface area contributed by atoms with Gasteiger partial charge in [0.05, 0.1) is 5.56 Å². The van der Waals surface area contributed by atoms with Crippen molar-refractivity contribution in [2.24, 2.45) is 11.1 Å². The van der Waals surface area contributed by atoms with E-state index < -0.39 is 17.8 Å². The minimum atomic E-state index is -4.34. The number of alkyl halides is 3. The molecule has 1 unspecified atom stereocenters. The molecule has 1 aromatic carbocycles. The van der Waals surface area contributed by atoms with Crippen molar-refractivity contribution in [2.45, 2.75) is 45.8 Å². The van der Waals surface area contributed by atoms with Crippen LogP contribution in [0.4, 0.5) is 13.2 Å². The third-order valence-corrected chi connectivity index (χ3v) is 2.87. The Labute approximate surface area is 106 Å². The summed E-state index contributed by atoms with van der Waals surface area (Å²) in [5.74, 6) is 0. The molecule has 0 aliphatic rings. The number of benzene rings is 1. The molecular formula is C14H20F3N. The van der Waals surface area contributed by atoms with Crippen LogP contribution in [0.5, 0.6) is 0 Å². The second-order valence-corrected chi connectivity index (χ2v) is 5.79. The molecule has 0 aliphatic heterocycles. The summed E-state index contributed by atoms with van der Waals surface area (Å²) in [6.45, 7) is 6.15. The van der Waals surface area contributed by atoms with Crippen LogP contribution in [-0.4, -0.2) is 0 Å². The number of hydrogen-bond donors (Lipinski definition) is 1. The van der Waals surface area contributed by atoms with Crippen molar-refractivity contribution in [3.63, 3.8) is 0 Å². The first kappa shape index (κ1) is 15.0. The summed E-state index contributed by atoms with van der Waals surface area (Å²) in [5, 5.41) is 0. The number of rotatable bonds is 3. The smallest absolute Gasteiger partial charge is 0.324 e. The zero-order valence-corrected chi connectivity index (χ0v) is 11.0. The van der Waals surface area contributed by atoms with E-state index in [1.165, 1.54) is 12.1 Å². The zero-order valence-electron chi connectivity index (χ0n) is 11.0. The van der Waals surface area contributed by atoms with E-state index in [2.05, 4.69) is 20.8 Å².